The molecule has 0 aromatic heterocycles. The highest BCUT2D eigenvalue weighted by molar-refractivity contribution is 5.47. The van der Waals surface area contributed by atoms with Gasteiger partial charge in [-0.3, -0.25) is 4.90 Å². The molecule has 20 heavy (non-hydrogen) atoms. The zero-order valence-corrected chi connectivity index (χ0v) is 12.8. The molecule has 3 nitrogen and oxygen atoms in total. The van der Waals surface area contributed by atoms with Gasteiger partial charge >= 0.3 is 0 Å². The van der Waals surface area contributed by atoms with Gasteiger partial charge in [0.15, 0.2) is 0 Å². The molecule has 1 aromatic rings. The van der Waals surface area contributed by atoms with Crippen LogP contribution in [0.3, 0.4) is 0 Å². The lowest BCUT2D eigenvalue weighted by Gasteiger charge is -2.51. The first-order valence-electron chi connectivity index (χ1n) is 7.74. The molecule has 2 aliphatic heterocycles. The number of fused-ring (bicyclic) bond motifs is 3. The van der Waals surface area contributed by atoms with Gasteiger partial charge in [-0.2, -0.15) is 0 Å². The maximum absolute atomic E-state index is 6.04. The SMILES string of the molecule is CCCN1CCCC2(C)c3cc(OC)ccc3OCC12. The van der Waals surface area contributed by atoms with Crippen LogP contribution in [0.15, 0.2) is 18.2 Å². The van der Waals surface area contributed by atoms with Gasteiger partial charge in [-0.15, -0.1) is 0 Å². The average molecular weight is 275 g/mol. The van der Waals surface area contributed by atoms with E-state index >= 15 is 0 Å². The Balaban J connectivity index is 2.00. The molecule has 0 spiro atoms. The lowest BCUT2D eigenvalue weighted by Crippen LogP contribution is -2.58. The third kappa shape index (κ3) is 2.08. The summed E-state index contributed by atoms with van der Waals surface area (Å²) in [5.41, 5.74) is 1.52. The Morgan fingerprint density at radius 3 is 3.05 bits per heavy atom. The minimum Gasteiger partial charge on any atom is -0.497 e. The molecule has 3 rings (SSSR count). The van der Waals surface area contributed by atoms with Crippen LogP contribution >= 0.6 is 0 Å². The van der Waals surface area contributed by atoms with Crippen molar-refractivity contribution in [3.63, 3.8) is 0 Å². The zero-order valence-electron chi connectivity index (χ0n) is 12.8. The molecule has 0 aliphatic carbocycles. The van der Waals surface area contributed by atoms with Crippen molar-refractivity contribution in [1.29, 1.82) is 0 Å². The van der Waals surface area contributed by atoms with Crippen LogP contribution in [0.5, 0.6) is 11.5 Å². The van der Waals surface area contributed by atoms with Crippen LogP contribution in [0.25, 0.3) is 0 Å². The number of rotatable bonds is 3. The van der Waals surface area contributed by atoms with Crippen LogP contribution in [0.1, 0.15) is 38.7 Å². The number of likely N-dealkylation sites (tertiary alicyclic amines) is 1. The molecule has 110 valence electrons. The monoisotopic (exact) mass is 275 g/mol. The Bertz CT molecular complexity index is 486. The maximum atomic E-state index is 6.04. The van der Waals surface area contributed by atoms with Crippen LogP contribution in [0.4, 0.5) is 0 Å². The summed E-state index contributed by atoms with van der Waals surface area (Å²) in [6.45, 7) is 7.85. The molecule has 0 amide bonds. The van der Waals surface area contributed by atoms with Gasteiger partial charge in [0.05, 0.1) is 13.2 Å². The van der Waals surface area contributed by atoms with Crippen molar-refractivity contribution >= 4 is 0 Å². The number of nitrogens with zero attached hydrogens (tertiary/aromatic N) is 1. The third-order valence-corrected chi connectivity index (χ3v) is 5.03. The molecule has 0 bridgehead atoms. The Kier molecular flexibility index (Phi) is 3.63. The van der Waals surface area contributed by atoms with Crippen LogP contribution < -0.4 is 9.47 Å². The lowest BCUT2D eigenvalue weighted by atomic mass is 9.68. The topological polar surface area (TPSA) is 21.7 Å². The lowest BCUT2D eigenvalue weighted by molar-refractivity contribution is 0.0222. The van der Waals surface area contributed by atoms with Crippen LogP contribution in [0, 0.1) is 0 Å². The van der Waals surface area contributed by atoms with E-state index in [1.807, 2.05) is 6.07 Å². The van der Waals surface area contributed by atoms with E-state index < -0.39 is 0 Å². The Hall–Kier alpha value is -1.22. The van der Waals surface area contributed by atoms with Gasteiger partial charge in [0.25, 0.3) is 0 Å². The molecule has 1 aromatic carbocycles. The van der Waals surface area contributed by atoms with E-state index in [1.54, 1.807) is 7.11 Å². The minimum atomic E-state index is 0.190. The first-order valence-corrected chi connectivity index (χ1v) is 7.74. The first kappa shape index (κ1) is 13.7. The number of piperidine rings is 1. The molecule has 2 atom stereocenters. The number of hydrogen-bond donors (Lipinski definition) is 0. The molecule has 2 unspecified atom stereocenters. The second kappa shape index (κ2) is 5.28. The van der Waals surface area contributed by atoms with E-state index in [1.165, 1.54) is 37.9 Å². The number of ether oxygens (including phenoxy) is 2. The van der Waals surface area contributed by atoms with Crippen LogP contribution in [0.2, 0.25) is 0 Å². The van der Waals surface area contributed by atoms with Gasteiger partial charge in [0, 0.05) is 11.0 Å². The summed E-state index contributed by atoms with van der Waals surface area (Å²) in [6.07, 6.45) is 3.71. The van der Waals surface area contributed by atoms with Gasteiger partial charge in [-0.25, -0.2) is 0 Å². The largest absolute Gasteiger partial charge is 0.497 e. The smallest absolute Gasteiger partial charge is 0.123 e. The fourth-order valence-electron chi connectivity index (χ4n) is 3.91. The molecule has 1 fully saturated rings. The summed E-state index contributed by atoms with van der Waals surface area (Å²) in [5, 5.41) is 0. The Labute approximate surface area is 121 Å². The second-order valence-corrected chi connectivity index (χ2v) is 6.25. The van der Waals surface area contributed by atoms with Crippen molar-refractivity contribution in [2.45, 2.75) is 44.6 Å². The first-order chi connectivity index (χ1) is 9.69. The summed E-state index contributed by atoms with van der Waals surface area (Å²) in [4.78, 5) is 2.62. The van der Waals surface area contributed by atoms with E-state index in [2.05, 4.69) is 30.9 Å². The van der Waals surface area contributed by atoms with Crippen molar-refractivity contribution in [1.82, 2.24) is 4.90 Å². The number of hydrogen-bond acceptors (Lipinski definition) is 3. The van der Waals surface area contributed by atoms with E-state index in [0.717, 1.165) is 18.1 Å². The predicted molar refractivity (Wildman–Crippen MR) is 80.7 cm³/mol. The highest BCUT2D eigenvalue weighted by Gasteiger charge is 2.46. The fourth-order valence-corrected chi connectivity index (χ4v) is 3.91. The molecular weight excluding hydrogens is 250 g/mol. The highest BCUT2D eigenvalue weighted by atomic mass is 16.5. The molecule has 2 aliphatic rings. The van der Waals surface area contributed by atoms with Crippen molar-refractivity contribution in [2.75, 3.05) is 26.8 Å². The average Bonchev–Trinajstić information content (AvgIpc) is 2.47. The molecular formula is C17H25NO2. The standard InChI is InChI=1S/C17H25NO2/c1-4-9-18-10-5-8-17(2)14-11-13(19-3)6-7-15(14)20-12-16(17)18/h6-7,11,16H,4-5,8-10,12H2,1-3H3. The van der Waals surface area contributed by atoms with Gasteiger partial charge in [-0.1, -0.05) is 13.8 Å². The normalized spacial score (nSPS) is 29.2. The molecule has 1 saturated heterocycles. The Morgan fingerprint density at radius 2 is 2.30 bits per heavy atom. The summed E-state index contributed by atoms with van der Waals surface area (Å²) >= 11 is 0. The summed E-state index contributed by atoms with van der Waals surface area (Å²) in [5.74, 6) is 1.98. The highest BCUT2D eigenvalue weighted by Crippen LogP contribution is 2.47. The van der Waals surface area contributed by atoms with Gasteiger partial charge in [0.1, 0.15) is 18.1 Å². The molecule has 0 radical (unpaired) electrons. The summed E-state index contributed by atoms with van der Waals surface area (Å²) in [7, 11) is 1.73. The molecule has 0 saturated carbocycles. The van der Waals surface area contributed by atoms with Crippen molar-refractivity contribution in [2.24, 2.45) is 0 Å². The molecule has 0 N–H and O–H groups in total. The summed E-state index contributed by atoms with van der Waals surface area (Å²) in [6, 6.07) is 6.73. The molecule has 2 heterocycles. The van der Waals surface area contributed by atoms with E-state index in [0.29, 0.717) is 6.04 Å². The summed E-state index contributed by atoms with van der Waals surface area (Å²) < 4.78 is 11.4. The fraction of sp³-hybridized carbons (Fsp3) is 0.647. The van der Waals surface area contributed by atoms with E-state index in [9.17, 15) is 0 Å². The zero-order chi connectivity index (χ0) is 14.2. The van der Waals surface area contributed by atoms with Gasteiger partial charge in [-0.05, 0) is 50.6 Å². The second-order valence-electron chi connectivity index (χ2n) is 6.25. The van der Waals surface area contributed by atoms with Gasteiger partial charge in [0.2, 0.25) is 0 Å². The van der Waals surface area contributed by atoms with E-state index in [-0.39, 0.29) is 5.41 Å². The molecule has 3 heteroatoms. The predicted octanol–water partition coefficient (Wildman–Crippen LogP) is 3.22. The Morgan fingerprint density at radius 1 is 1.45 bits per heavy atom. The van der Waals surface area contributed by atoms with Crippen molar-refractivity contribution in [3.05, 3.63) is 23.8 Å². The van der Waals surface area contributed by atoms with Gasteiger partial charge < -0.3 is 9.47 Å². The van der Waals surface area contributed by atoms with Crippen LogP contribution in [-0.2, 0) is 5.41 Å². The number of methoxy groups -OCH3 is 1. The quantitative estimate of drug-likeness (QED) is 0.845. The van der Waals surface area contributed by atoms with E-state index in [4.69, 9.17) is 9.47 Å². The maximum Gasteiger partial charge on any atom is 0.123 e. The van der Waals surface area contributed by atoms with Crippen molar-refractivity contribution < 1.29 is 9.47 Å². The number of benzene rings is 1. The third-order valence-electron chi connectivity index (χ3n) is 5.03. The van der Waals surface area contributed by atoms with Crippen molar-refractivity contribution in [3.8, 4) is 11.5 Å². The minimum absolute atomic E-state index is 0.190. The van der Waals surface area contributed by atoms with Crippen LogP contribution in [-0.4, -0.2) is 37.7 Å².